The van der Waals surface area contributed by atoms with Crippen molar-refractivity contribution in [3.05, 3.63) is 29.2 Å². The van der Waals surface area contributed by atoms with Crippen molar-refractivity contribution in [3.63, 3.8) is 0 Å². The fourth-order valence-electron chi connectivity index (χ4n) is 2.62. The predicted molar refractivity (Wildman–Crippen MR) is 65.8 cm³/mol. The van der Waals surface area contributed by atoms with Crippen LogP contribution < -0.4 is 5.73 Å². The fourth-order valence-corrected chi connectivity index (χ4v) is 2.88. The minimum absolute atomic E-state index is 0.545. The van der Waals surface area contributed by atoms with Gasteiger partial charge in [0.1, 0.15) is 11.3 Å². The number of rotatable bonds is 1. The molecule has 1 saturated carbocycles. The molecule has 0 aromatic carbocycles. The highest BCUT2D eigenvalue weighted by Gasteiger charge is 2.23. The highest BCUT2D eigenvalue weighted by Crippen LogP contribution is 2.36. The van der Waals surface area contributed by atoms with Gasteiger partial charge in [0.25, 0.3) is 0 Å². The van der Waals surface area contributed by atoms with Crippen molar-refractivity contribution in [1.29, 1.82) is 0 Å². The van der Waals surface area contributed by atoms with Gasteiger partial charge in [0.2, 0.25) is 0 Å². The number of hydrogen-bond acceptors (Lipinski definition) is 2. The van der Waals surface area contributed by atoms with Crippen molar-refractivity contribution in [3.8, 4) is 0 Å². The lowest BCUT2D eigenvalue weighted by Crippen LogP contribution is -1.99. The average molecular weight is 236 g/mol. The number of nitrogens with two attached hydrogens (primary N) is 1. The van der Waals surface area contributed by atoms with Crippen molar-refractivity contribution in [2.24, 2.45) is 0 Å². The normalized spacial score (nSPS) is 17.3. The fraction of sp³-hybridized carbons (Fsp3) is 0.417. The molecule has 0 radical (unpaired) electrons. The number of aromatic nitrogens is 2. The highest BCUT2D eigenvalue weighted by atomic mass is 35.5. The first-order valence-corrected chi connectivity index (χ1v) is 6.07. The SMILES string of the molecule is Nc1nc(C2CCCC2)n2cccc(Cl)c12. The monoisotopic (exact) mass is 235 g/mol. The van der Waals surface area contributed by atoms with E-state index in [-0.39, 0.29) is 0 Å². The van der Waals surface area contributed by atoms with Crippen LogP contribution in [0.3, 0.4) is 0 Å². The van der Waals surface area contributed by atoms with Crippen LogP contribution in [0.5, 0.6) is 0 Å². The second kappa shape index (κ2) is 3.67. The van der Waals surface area contributed by atoms with E-state index in [1.54, 1.807) is 0 Å². The molecule has 3 rings (SSSR count). The molecule has 0 spiro atoms. The molecular weight excluding hydrogens is 222 g/mol. The lowest BCUT2D eigenvalue weighted by Gasteiger charge is -2.07. The Hall–Kier alpha value is -1.22. The standard InChI is InChI=1S/C12H14ClN3/c13-9-6-3-7-16-10(9)11(14)15-12(16)8-4-1-2-5-8/h3,6-8H,1-2,4-5,14H2. The molecular formula is C12H14ClN3. The molecule has 4 heteroatoms. The molecule has 84 valence electrons. The number of pyridine rings is 1. The highest BCUT2D eigenvalue weighted by molar-refractivity contribution is 6.34. The number of imidazole rings is 1. The molecule has 0 aliphatic heterocycles. The van der Waals surface area contributed by atoms with Gasteiger partial charge in [-0.3, -0.25) is 0 Å². The molecule has 2 N–H and O–H groups in total. The maximum Gasteiger partial charge on any atom is 0.151 e. The van der Waals surface area contributed by atoms with Crippen LogP contribution in [0.2, 0.25) is 5.02 Å². The van der Waals surface area contributed by atoms with Gasteiger partial charge in [-0.25, -0.2) is 4.98 Å². The van der Waals surface area contributed by atoms with E-state index in [9.17, 15) is 0 Å². The van der Waals surface area contributed by atoms with Gasteiger partial charge < -0.3 is 10.1 Å². The zero-order chi connectivity index (χ0) is 11.1. The van der Waals surface area contributed by atoms with Crippen LogP contribution in [0.15, 0.2) is 18.3 Å². The van der Waals surface area contributed by atoms with Gasteiger partial charge in [-0.15, -0.1) is 0 Å². The minimum Gasteiger partial charge on any atom is -0.382 e. The summed E-state index contributed by atoms with van der Waals surface area (Å²) in [5.74, 6) is 2.17. The maximum atomic E-state index is 6.14. The molecule has 0 bridgehead atoms. The van der Waals surface area contributed by atoms with Crippen LogP contribution in [-0.2, 0) is 0 Å². The number of halogens is 1. The van der Waals surface area contributed by atoms with Gasteiger partial charge in [0, 0.05) is 12.1 Å². The summed E-state index contributed by atoms with van der Waals surface area (Å²) in [5, 5.41) is 0.678. The van der Waals surface area contributed by atoms with E-state index in [1.807, 2.05) is 22.7 Å². The van der Waals surface area contributed by atoms with Crippen LogP contribution in [0, 0.1) is 0 Å². The van der Waals surface area contributed by atoms with Crippen molar-refractivity contribution in [2.45, 2.75) is 31.6 Å². The Balaban J connectivity index is 2.22. The molecule has 3 nitrogen and oxygen atoms in total. The van der Waals surface area contributed by atoms with Gasteiger partial charge in [-0.2, -0.15) is 0 Å². The van der Waals surface area contributed by atoms with Gasteiger partial charge in [-0.1, -0.05) is 24.4 Å². The van der Waals surface area contributed by atoms with Crippen LogP contribution in [-0.4, -0.2) is 9.38 Å². The van der Waals surface area contributed by atoms with Crippen LogP contribution in [0.25, 0.3) is 5.52 Å². The van der Waals surface area contributed by atoms with Crippen molar-refractivity contribution < 1.29 is 0 Å². The molecule has 1 fully saturated rings. The van der Waals surface area contributed by atoms with Gasteiger partial charge in [-0.05, 0) is 25.0 Å². The Kier molecular flexibility index (Phi) is 2.28. The Bertz CT molecular complexity index is 526. The molecule has 16 heavy (non-hydrogen) atoms. The Morgan fingerprint density at radius 1 is 1.38 bits per heavy atom. The number of hydrogen-bond donors (Lipinski definition) is 1. The zero-order valence-corrected chi connectivity index (χ0v) is 9.74. The third-order valence-electron chi connectivity index (χ3n) is 3.39. The second-order valence-electron chi connectivity index (χ2n) is 4.41. The summed E-state index contributed by atoms with van der Waals surface area (Å²) in [7, 11) is 0. The van der Waals surface area contributed by atoms with E-state index in [0.717, 1.165) is 11.3 Å². The number of anilines is 1. The maximum absolute atomic E-state index is 6.14. The smallest absolute Gasteiger partial charge is 0.151 e. The van der Waals surface area contributed by atoms with Crippen molar-refractivity contribution in [2.75, 3.05) is 5.73 Å². The number of nitrogens with zero attached hydrogens (tertiary/aromatic N) is 2. The first-order valence-electron chi connectivity index (χ1n) is 5.69. The molecule has 0 unspecified atom stereocenters. The van der Waals surface area contributed by atoms with Crippen molar-refractivity contribution >= 4 is 22.9 Å². The van der Waals surface area contributed by atoms with E-state index < -0.39 is 0 Å². The summed E-state index contributed by atoms with van der Waals surface area (Å²) >= 11 is 6.14. The first-order chi connectivity index (χ1) is 7.77. The minimum atomic E-state index is 0.545. The third kappa shape index (κ3) is 1.39. The topological polar surface area (TPSA) is 43.3 Å². The van der Waals surface area contributed by atoms with E-state index in [2.05, 4.69) is 4.98 Å². The molecule has 2 heterocycles. The Morgan fingerprint density at radius 3 is 2.88 bits per heavy atom. The van der Waals surface area contributed by atoms with E-state index in [1.165, 1.54) is 25.7 Å². The lowest BCUT2D eigenvalue weighted by molar-refractivity contribution is 0.665. The van der Waals surface area contributed by atoms with E-state index in [4.69, 9.17) is 17.3 Å². The van der Waals surface area contributed by atoms with E-state index >= 15 is 0 Å². The molecule has 2 aromatic rings. The molecule has 2 aromatic heterocycles. The lowest BCUT2D eigenvalue weighted by atomic mass is 10.1. The van der Waals surface area contributed by atoms with Crippen LogP contribution in [0.4, 0.5) is 5.82 Å². The molecule has 0 saturated heterocycles. The van der Waals surface area contributed by atoms with E-state index in [0.29, 0.717) is 16.8 Å². The first kappa shape index (κ1) is 9.97. The summed E-state index contributed by atoms with van der Waals surface area (Å²) in [6, 6.07) is 3.79. The molecule has 0 atom stereocenters. The average Bonchev–Trinajstić information content (AvgIpc) is 2.86. The quantitative estimate of drug-likeness (QED) is 0.825. The summed E-state index contributed by atoms with van der Waals surface area (Å²) in [6.45, 7) is 0. The summed E-state index contributed by atoms with van der Waals surface area (Å²) in [5.41, 5.74) is 6.78. The predicted octanol–water partition coefficient (Wildman–Crippen LogP) is 3.23. The summed E-state index contributed by atoms with van der Waals surface area (Å²) in [6.07, 6.45) is 7.01. The largest absolute Gasteiger partial charge is 0.382 e. The van der Waals surface area contributed by atoms with Crippen molar-refractivity contribution in [1.82, 2.24) is 9.38 Å². The molecule has 1 aliphatic carbocycles. The third-order valence-corrected chi connectivity index (χ3v) is 3.69. The van der Waals surface area contributed by atoms with Gasteiger partial charge in [0.15, 0.2) is 5.82 Å². The summed E-state index contributed by atoms with van der Waals surface area (Å²) in [4.78, 5) is 4.49. The Labute approximate surface area is 99.2 Å². The number of nitrogen functional groups attached to an aromatic ring is 1. The molecule has 0 amide bonds. The number of fused-ring (bicyclic) bond motifs is 1. The Morgan fingerprint density at radius 2 is 2.12 bits per heavy atom. The summed E-state index contributed by atoms with van der Waals surface area (Å²) < 4.78 is 2.05. The van der Waals surface area contributed by atoms with Gasteiger partial charge in [0.05, 0.1) is 5.02 Å². The van der Waals surface area contributed by atoms with Crippen LogP contribution in [0.1, 0.15) is 37.4 Å². The zero-order valence-electron chi connectivity index (χ0n) is 8.99. The molecule has 1 aliphatic rings. The van der Waals surface area contributed by atoms with Crippen LogP contribution >= 0.6 is 11.6 Å². The van der Waals surface area contributed by atoms with Gasteiger partial charge >= 0.3 is 0 Å². The second-order valence-corrected chi connectivity index (χ2v) is 4.82.